The van der Waals surface area contributed by atoms with E-state index in [1.165, 1.54) is 4.90 Å². The Bertz CT molecular complexity index is 572. The van der Waals surface area contributed by atoms with Crippen molar-refractivity contribution in [3.8, 4) is 5.75 Å². The van der Waals surface area contributed by atoms with E-state index in [0.29, 0.717) is 23.9 Å². The van der Waals surface area contributed by atoms with Crippen LogP contribution in [-0.4, -0.2) is 54.3 Å². The first-order chi connectivity index (χ1) is 11.0. The third kappa shape index (κ3) is 4.96. The van der Waals surface area contributed by atoms with Gasteiger partial charge in [0.25, 0.3) is 0 Å². The van der Waals surface area contributed by atoms with Crippen molar-refractivity contribution in [3.05, 3.63) is 29.3 Å². The lowest BCUT2D eigenvalue weighted by Gasteiger charge is -2.19. The van der Waals surface area contributed by atoms with Crippen molar-refractivity contribution < 1.29 is 19.1 Å². The molecule has 0 aliphatic carbocycles. The van der Waals surface area contributed by atoms with E-state index in [0.717, 1.165) is 4.90 Å². The molecule has 1 heterocycles. The number of benzene rings is 1. The van der Waals surface area contributed by atoms with Gasteiger partial charge in [-0.05, 0) is 24.3 Å². The van der Waals surface area contributed by atoms with E-state index in [4.69, 9.17) is 16.3 Å². The molecule has 0 radical (unpaired) electrons. The van der Waals surface area contributed by atoms with Crippen molar-refractivity contribution in [2.75, 3.05) is 26.7 Å². The van der Waals surface area contributed by atoms with Gasteiger partial charge in [0.05, 0.1) is 6.54 Å². The molecule has 1 fully saturated rings. The number of nitrogens with zero attached hydrogens (tertiary/aromatic N) is 2. The number of likely N-dealkylation sites (N-methyl/N-ethyl adjacent to an activating group) is 1. The van der Waals surface area contributed by atoms with Crippen LogP contribution in [0.3, 0.4) is 0 Å². The maximum absolute atomic E-state index is 12.0. The molecule has 1 aromatic carbocycles. The fourth-order valence-electron chi connectivity index (χ4n) is 2.23. The highest BCUT2D eigenvalue weighted by Gasteiger charge is 2.29. The number of imide groups is 1. The average Bonchev–Trinajstić information content (AvgIpc) is 2.85. The highest BCUT2D eigenvalue weighted by molar-refractivity contribution is 6.30. The Labute approximate surface area is 139 Å². The van der Waals surface area contributed by atoms with Crippen LogP contribution in [-0.2, 0) is 14.4 Å². The fraction of sp³-hybridized carbons (Fsp3) is 0.438. The number of hydrogen-bond donors (Lipinski definition) is 0. The van der Waals surface area contributed by atoms with E-state index in [2.05, 4.69) is 0 Å². The molecular formula is C16H19ClN2O4. The Morgan fingerprint density at radius 2 is 1.83 bits per heavy atom. The van der Waals surface area contributed by atoms with Gasteiger partial charge in [-0.1, -0.05) is 11.6 Å². The van der Waals surface area contributed by atoms with Crippen LogP contribution in [0.25, 0.3) is 0 Å². The van der Waals surface area contributed by atoms with Gasteiger partial charge in [0, 0.05) is 37.9 Å². The lowest BCUT2D eigenvalue weighted by atomic mass is 10.3. The summed E-state index contributed by atoms with van der Waals surface area (Å²) < 4.78 is 5.52. The van der Waals surface area contributed by atoms with Crippen LogP contribution in [0.15, 0.2) is 24.3 Å². The Morgan fingerprint density at radius 1 is 1.22 bits per heavy atom. The van der Waals surface area contributed by atoms with Crippen LogP contribution in [0.4, 0.5) is 0 Å². The van der Waals surface area contributed by atoms with Gasteiger partial charge in [-0.2, -0.15) is 0 Å². The van der Waals surface area contributed by atoms with E-state index in [1.807, 2.05) is 0 Å². The number of likely N-dealkylation sites (tertiary alicyclic amines) is 1. The third-order valence-electron chi connectivity index (χ3n) is 3.64. The van der Waals surface area contributed by atoms with Crippen molar-refractivity contribution >= 4 is 29.3 Å². The molecule has 0 bridgehead atoms. The minimum Gasteiger partial charge on any atom is -0.492 e. The smallest absolute Gasteiger partial charge is 0.229 e. The molecular weight excluding hydrogens is 320 g/mol. The molecule has 1 saturated heterocycles. The number of rotatable bonds is 7. The molecule has 124 valence electrons. The normalized spacial score (nSPS) is 14.3. The Kier molecular flexibility index (Phi) is 5.98. The predicted octanol–water partition coefficient (Wildman–Crippen LogP) is 1.72. The van der Waals surface area contributed by atoms with Crippen molar-refractivity contribution in [2.24, 2.45) is 0 Å². The SMILES string of the molecule is CN(CCOc1ccc(Cl)cc1)C(=O)CCN1C(=O)CCC1=O. The lowest BCUT2D eigenvalue weighted by molar-refractivity contribution is -0.139. The van der Waals surface area contributed by atoms with Gasteiger partial charge in [0.2, 0.25) is 17.7 Å². The zero-order chi connectivity index (χ0) is 16.8. The molecule has 0 saturated carbocycles. The van der Waals surface area contributed by atoms with E-state index in [-0.39, 0.29) is 43.5 Å². The zero-order valence-electron chi connectivity index (χ0n) is 13.0. The van der Waals surface area contributed by atoms with E-state index in [9.17, 15) is 14.4 Å². The summed E-state index contributed by atoms with van der Waals surface area (Å²) in [6.07, 6.45) is 0.629. The molecule has 0 N–H and O–H groups in total. The summed E-state index contributed by atoms with van der Waals surface area (Å²) in [5.41, 5.74) is 0. The molecule has 6 nitrogen and oxygen atoms in total. The Morgan fingerprint density at radius 3 is 2.43 bits per heavy atom. The van der Waals surface area contributed by atoms with E-state index in [1.54, 1.807) is 31.3 Å². The molecule has 7 heteroatoms. The maximum atomic E-state index is 12.0. The van der Waals surface area contributed by atoms with Gasteiger partial charge < -0.3 is 9.64 Å². The third-order valence-corrected chi connectivity index (χ3v) is 3.89. The van der Waals surface area contributed by atoms with Gasteiger partial charge in [0.15, 0.2) is 0 Å². The number of carbonyl (C=O) groups is 3. The first-order valence-corrected chi connectivity index (χ1v) is 7.80. The average molecular weight is 339 g/mol. The van der Waals surface area contributed by atoms with Gasteiger partial charge >= 0.3 is 0 Å². The minimum absolute atomic E-state index is 0.128. The largest absolute Gasteiger partial charge is 0.492 e. The van der Waals surface area contributed by atoms with E-state index >= 15 is 0 Å². The van der Waals surface area contributed by atoms with Crippen LogP contribution in [0.2, 0.25) is 5.02 Å². The van der Waals surface area contributed by atoms with Crippen LogP contribution < -0.4 is 4.74 Å². The van der Waals surface area contributed by atoms with Crippen LogP contribution in [0.5, 0.6) is 5.75 Å². The number of ether oxygens (including phenoxy) is 1. The van der Waals surface area contributed by atoms with Crippen LogP contribution >= 0.6 is 11.6 Å². The fourth-order valence-corrected chi connectivity index (χ4v) is 2.35. The maximum Gasteiger partial charge on any atom is 0.229 e. The first kappa shape index (κ1) is 17.3. The molecule has 0 spiro atoms. The molecule has 3 amide bonds. The first-order valence-electron chi connectivity index (χ1n) is 7.43. The molecule has 1 aliphatic heterocycles. The van der Waals surface area contributed by atoms with Gasteiger partial charge in [-0.15, -0.1) is 0 Å². The predicted molar refractivity (Wildman–Crippen MR) is 85.2 cm³/mol. The van der Waals surface area contributed by atoms with Gasteiger partial charge in [-0.3, -0.25) is 19.3 Å². The van der Waals surface area contributed by atoms with Gasteiger partial charge in [-0.25, -0.2) is 0 Å². The van der Waals surface area contributed by atoms with Crippen molar-refractivity contribution in [1.29, 1.82) is 0 Å². The number of halogens is 1. The Hall–Kier alpha value is -2.08. The summed E-state index contributed by atoms with van der Waals surface area (Å²) in [5, 5.41) is 0.635. The van der Waals surface area contributed by atoms with Crippen molar-refractivity contribution in [1.82, 2.24) is 9.80 Å². The minimum atomic E-state index is -0.198. The summed E-state index contributed by atoms with van der Waals surface area (Å²) in [5.74, 6) is 0.161. The molecule has 1 aliphatic rings. The Balaban J connectivity index is 1.69. The topological polar surface area (TPSA) is 66.9 Å². The molecule has 0 aromatic heterocycles. The molecule has 0 unspecified atom stereocenters. The molecule has 2 rings (SSSR count). The summed E-state index contributed by atoms with van der Waals surface area (Å²) in [6.45, 7) is 0.924. The highest BCUT2D eigenvalue weighted by atomic mass is 35.5. The van der Waals surface area contributed by atoms with Gasteiger partial charge in [0.1, 0.15) is 12.4 Å². The number of hydrogen-bond acceptors (Lipinski definition) is 4. The summed E-state index contributed by atoms with van der Waals surface area (Å²) in [6, 6.07) is 6.98. The second-order valence-electron chi connectivity index (χ2n) is 5.31. The molecule has 0 atom stereocenters. The molecule has 1 aromatic rings. The van der Waals surface area contributed by atoms with E-state index < -0.39 is 0 Å². The van der Waals surface area contributed by atoms with Crippen molar-refractivity contribution in [2.45, 2.75) is 19.3 Å². The van der Waals surface area contributed by atoms with Crippen LogP contribution in [0, 0.1) is 0 Å². The summed E-state index contributed by atoms with van der Waals surface area (Å²) in [7, 11) is 1.67. The lowest BCUT2D eigenvalue weighted by Crippen LogP contribution is -2.36. The second-order valence-corrected chi connectivity index (χ2v) is 5.74. The highest BCUT2D eigenvalue weighted by Crippen LogP contribution is 2.15. The number of amides is 3. The summed E-state index contributed by atoms with van der Waals surface area (Å²) >= 11 is 5.79. The van der Waals surface area contributed by atoms with Crippen LogP contribution in [0.1, 0.15) is 19.3 Å². The second kappa shape index (κ2) is 7.97. The molecule has 23 heavy (non-hydrogen) atoms. The monoisotopic (exact) mass is 338 g/mol. The van der Waals surface area contributed by atoms with Crippen molar-refractivity contribution in [3.63, 3.8) is 0 Å². The zero-order valence-corrected chi connectivity index (χ0v) is 13.7. The standard InChI is InChI=1S/C16H19ClN2O4/c1-18(10-11-23-13-4-2-12(17)3-5-13)14(20)8-9-19-15(21)6-7-16(19)22/h2-5H,6-11H2,1H3. The quantitative estimate of drug-likeness (QED) is 0.710. The summed E-state index contributed by atoms with van der Waals surface area (Å²) in [4.78, 5) is 37.6. The number of carbonyl (C=O) groups excluding carboxylic acids is 3.